The molecule has 23 heavy (non-hydrogen) atoms. The first-order valence-electron chi connectivity index (χ1n) is 7.07. The van der Waals surface area contributed by atoms with Crippen LogP contribution in [0.4, 0.5) is 4.79 Å². The van der Waals surface area contributed by atoms with E-state index in [2.05, 4.69) is 10.3 Å². The minimum atomic E-state index is -0.442. The van der Waals surface area contributed by atoms with Gasteiger partial charge >= 0.3 is 6.09 Å². The lowest BCUT2D eigenvalue weighted by atomic mass is 10.2. The van der Waals surface area contributed by atoms with E-state index in [-0.39, 0.29) is 6.61 Å². The summed E-state index contributed by atoms with van der Waals surface area (Å²) in [5.41, 5.74) is 1.67. The van der Waals surface area contributed by atoms with E-state index in [0.29, 0.717) is 23.0 Å². The molecule has 0 saturated carbocycles. The van der Waals surface area contributed by atoms with E-state index in [1.54, 1.807) is 0 Å². The number of ether oxygens (including phenoxy) is 1. The minimum absolute atomic E-state index is 0.255. The first kappa shape index (κ1) is 17.3. The topological polar surface area (TPSA) is 51.2 Å². The third-order valence-electron chi connectivity index (χ3n) is 2.97. The van der Waals surface area contributed by atoms with E-state index in [4.69, 9.17) is 27.9 Å². The lowest BCUT2D eigenvalue weighted by molar-refractivity contribution is 0.140. The highest BCUT2D eigenvalue weighted by atomic mass is 35.5. The van der Waals surface area contributed by atoms with Crippen molar-refractivity contribution in [1.82, 2.24) is 10.3 Å². The first-order chi connectivity index (χ1) is 11.2. The molecule has 1 aromatic carbocycles. The fourth-order valence-corrected chi connectivity index (χ4v) is 2.30. The standard InChI is InChI=1S/C17H16Cl2N2O2/c18-15-10-20-11-16(19)14(15)8-4-5-9-21-17(22)23-12-13-6-2-1-3-7-13/h1-4,6-8,10-11H,5,9,12H2,(H,21,22). The van der Waals surface area contributed by atoms with Crippen LogP contribution in [-0.4, -0.2) is 17.6 Å². The molecule has 0 aliphatic carbocycles. The van der Waals surface area contributed by atoms with Crippen LogP contribution in [0.15, 0.2) is 48.8 Å². The van der Waals surface area contributed by atoms with Crippen LogP contribution in [0.2, 0.25) is 10.0 Å². The Balaban J connectivity index is 1.69. The number of halogens is 2. The second kappa shape index (κ2) is 9.18. The SMILES string of the molecule is O=C(NCCC=Cc1c(Cl)cncc1Cl)OCc1ccccc1. The Labute approximate surface area is 145 Å². The van der Waals surface area contributed by atoms with Crippen molar-refractivity contribution in [3.63, 3.8) is 0 Å². The molecule has 0 unspecified atom stereocenters. The van der Waals surface area contributed by atoms with Crippen LogP contribution in [0, 0.1) is 0 Å². The second-order valence-corrected chi connectivity index (χ2v) is 5.51. The average molecular weight is 351 g/mol. The maximum atomic E-state index is 11.5. The van der Waals surface area contributed by atoms with E-state index in [9.17, 15) is 4.79 Å². The van der Waals surface area contributed by atoms with Crippen LogP contribution in [0.3, 0.4) is 0 Å². The molecule has 4 nitrogen and oxygen atoms in total. The fraction of sp³-hybridized carbons (Fsp3) is 0.176. The van der Waals surface area contributed by atoms with Crippen LogP contribution in [0.1, 0.15) is 17.5 Å². The highest BCUT2D eigenvalue weighted by Gasteiger charge is 2.03. The number of alkyl carbamates (subject to hydrolysis) is 1. The maximum Gasteiger partial charge on any atom is 0.407 e. The van der Waals surface area contributed by atoms with Crippen molar-refractivity contribution in [3.05, 3.63) is 70.0 Å². The van der Waals surface area contributed by atoms with Crippen molar-refractivity contribution >= 4 is 35.4 Å². The number of hydrogen-bond donors (Lipinski definition) is 1. The van der Waals surface area contributed by atoms with Gasteiger partial charge in [-0.3, -0.25) is 4.98 Å². The summed E-state index contributed by atoms with van der Waals surface area (Å²) in [5, 5.41) is 3.66. The predicted molar refractivity (Wildman–Crippen MR) is 92.5 cm³/mol. The Morgan fingerprint density at radius 1 is 1.17 bits per heavy atom. The molecule has 6 heteroatoms. The third-order valence-corrected chi connectivity index (χ3v) is 3.57. The molecule has 0 radical (unpaired) electrons. The van der Waals surface area contributed by atoms with Gasteiger partial charge in [-0.2, -0.15) is 0 Å². The third kappa shape index (κ3) is 5.93. The Bertz CT molecular complexity index is 655. The molecular formula is C17H16Cl2N2O2. The van der Waals surface area contributed by atoms with Crippen LogP contribution in [-0.2, 0) is 11.3 Å². The molecule has 2 aromatic rings. The van der Waals surface area contributed by atoms with Crippen molar-refractivity contribution in [2.24, 2.45) is 0 Å². The van der Waals surface area contributed by atoms with Crippen molar-refractivity contribution in [2.75, 3.05) is 6.54 Å². The summed E-state index contributed by atoms with van der Waals surface area (Å²) in [4.78, 5) is 15.4. The highest BCUT2D eigenvalue weighted by Crippen LogP contribution is 2.24. The largest absolute Gasteiger partial charge is 0.445 e. The molecule has 1 heterocycles. The van der Waals surface area contributed by atoms with Gasteiger partial charge in [0.15, 0.2) is 0 Å². The highest BCUT2D eigenvalue weighted by molar-refractivity contribution is 6.36. The summed E-state index contributed by atoms with van der Waals surface area (Å²) in [6.07, 6.45) is 6.95. The molecule has 1 N–H and O–H groups in total. The number of amides is 1. The molecule has 1 aromatic heterocycles. The Morgan fingerprint density at radius 2 is 1.87 bits per heavy atom. The molecule has 0 bridgehead atoms. The van der Waals surface area contributed by atoms with E-state index >= 15 is 0 Å². The zero-order valence-corrected chi connectivity index (χ0v) is 13.8. The van der Waals surface area contributed by atoms with E-state index < -0.39 is 6.09 Å². The van der Waals surface area contributed by atoms with Gasteiger partial charge in [-0.1, -0.05) is 65.7 Å². The van der Waals surface area contributed by atoms with Gasteiger partial charge in [-0.25, -0.2) is 4.79 Å². The monoisotopic (exact) mass is 350 g/mol. The van der Waals surface area contributed by atoms with Gasteiger partial charge in [0, 0.05) is 24.5 Å². The molecule has 2 rings (SSSR count). The Hall–Kier alpha value is -2.04. The van der Waals surface area contributed by atoms with Gasteiger partial charge in [0.1, 0.15) is 6.61 Å². The summed E-state index contributed by atoms with van der Waals surface area (Å²) in [6.45, 7) is 0.717. The summed E-state index contributed by atoms with van der Waals surface area (Å²) in [6, 6.07) is 9.52. The number of nitrogens with zero attached hydrogens (tertiary/aromatic N) is 1. The smallest absolute Gasteiger partial charge is 0.407 e. The lowest BCUT2D eigenvalue weighted by Crippen LogP contribution is -2.24. The number of nitrogens with one attached hydrogen (secondary N) is 1. The summed E-state index contributed by atoms with van der Waals surface area (Å²) < 4.78 is 5.11. The Morgan fingerprint density at radius 3 is 2.57 bits per heavy atom. The van der Waals surface area contributed by atoms with Gasteiger partial charge in [0.2, 0.25) is 0 Å². The molecule has 0 fully saturated rings. The zero-order valence-electron chi connectivity index (χ0n) is 12.3. The predicted octanol–water partition coefficient (Wildman–Crippen LogP) is 4.72. The average Bonchev–Trinajstić information content (AvgIpc) is 2.56. The zero-order chi connectivity index (χ0) is 16.5. The van der Waals surface area contributed by atoms with E-state index in [1.807, 2.05) is 42.5 Å². The van der Waals surface area contributed by atoms with Gasteiger partial charge < -0.3 is 10.1 Å². The minimum Gasteiger partial charge on any atom is -0.445 e. The number of aromatic nitrogens is 1. The number of benzene rings is 1. The van der Waals surface area contributed by atoms with Crippen LogP contribution in [0.5, 0.6) is 0 Å². The summed E-state index contributed by atoms with van der Waals surface area (Å²) in [5.74, 6) is 0. The van der Waals surface area contributed by atoms with E-state index in [1.165, 1.54) is 12.4 Å². The summed E-state index contributed by atoms with van der Waals surface area (Å²) in [7, 11) is 0. The second-order valence-electron chi connectivity index (χ2n) is 4.70. The van der Waals surface area contributed by atoms with Crippen LogP contribution >= 0.6 is 23.2 Å². The quantitative estimate of drug-likeness (QED) is 0.767. The van der Waals surface area contributed by atoms with Crippen molar-refractivity contribution in [1.29, 1.82) is 0 Å². The van der Waals surface area contributed by atoms with Gasteiger partial charge in [0.05, 0.1) is 10.0 Å². The normalized spacial score (nSPS) is 10.7. The molecule has 0 spiro atoms. The molecule has 0 aliphatic rings. The van der Waals surface area contributed by atoms with Crippen molar-refractivity contribution in [2.45, 2.75) is 13.0 Å². The number of pyridine rings is 1. The molecule has 1 amide bonds. The molecule has 120 valence electrons. The molecular weight excluding hydrogens is 335 g/mol. The molecule has 0 saturated heterocycles. The van der Waals surface area contributed by atoms with E-state index in [0.717, 1.165) is 11.1 Å². The van der Waals surface area contributed by atoms with Crippen molar-refractivity contribution < 1.29 is 9.53 Å². The molecule has 0 atom stereocenters. The first-order valence-corrected chi connectivity index (χ1v) is 7.82. The summed E-state index contributed by atoms with van der Waals surface area (Å²) >= 11 is 12.0. The number of hydrogen-bond acceptors (Lipinski definition) is 3. The van der Waals surface area contributed by atoms with Gasteiger partial charge in [-0.15, -0.1) is 0 Å². The molecule has 0 aliphatic heterocycles. The van der Waals surface area contributed by atoms with Crippen LogP contribution < -0.4 is 5.32 Å². The number of rotatable bonds is 6. The Kier molecular flexibility index (Phi) is 6.91. The van der Waals surface area contributed by atoms with Gasteiger partial charge in [0.25, 0.3) is 0 Å². The fourth-order valence-electron chi connectivity index (χ4n) is 1.81. The lowest BCUT2D eigenvalue weighted by Gasteiger charge is -2.06. The number of carbonyl (C=O) groups excluding carboxylic acids is 1. The maximum absolute atomic E-state index is 11.5. The van der Waals surface area contributed by atoms with Gasteiger partial charge in [-0.05, 0) is 12.0 Å². The number of carbonyl (C=O) groups is 1. The van der Waals surface area contributed by atoms with Crippen LogP contribution in [0.25, 0.3) is 6.08 Å². The van der Waals surface area contributed by atoms with Crippen molar-refractivity contribution in [3.8, 4) is 0 Å².